The Morgan fingerprint density at radius 2 is 0.841 bits per heavy atom. The van der Waals surface area contributed by atoms with Crippen LogP contribution in [0.2, 0.25) is 0 Å². The lowest BCUT2D eigenvalue weighted by molar-refractivity contribution is -0.128. The Morgan fingerprint density at radius 3 is 1.16 bits per heavy atom. The summed E-state index contributed by atoms with van der Waals surface area (Å²) in [5.74, 6) is 0.160. The minimum absolute atomic E-state index is 0.0799. The van der Waals surface area contributed by atoms with Gasteiger partial charge < -0.3 is 9.80 Å². The fraction of sp³-hybridized carbons (Fsp3) is 0.421. The molecule has 2 aromatic rings. The highest BCUT2D eigenvalue weighted by Crippen LogP contribution is 2.17. The number of hydrogen-bond donors (Lipinski definition) is 0. The van der Waals surface area contributed by atoms with Crippen LogP contribution in [-0.4, -0.2) is 96.9 Å². The predicted octanol–water partition coefficient (Wildman–Crippen LogP) is 5.66. The van der Waals surface area contributed by atoms with Gasteiger partial charge in [0, 0.05) is 77.6 Å². The third-order valence-electron chi connectivity index (χ3n) is 9.28. The zero-order chi connectivity index (χ0) is 31.6. The summed E-state index contributed by atoms with van der Waals surface area (Å²) >= 11 is 0. The van der Waals surface area contributed by atoms with Crippen LogP contribution in [0.4, 0.5) is 0 Å². The molecule has 6 nitrogen and oxygen atoms in total. The first-order valence-electron chi connectivity index (χ1n) is 16.0. The van der Waals surface area contributed by atoms with Gasteiger partial charge in [0.2, 0.25) is 11.8 Å². The summed E-state index contributed by atoms with van der Waals surface area (Å²) in [6.07, 6.45) is 15.1. The van der Waals surface area contributed by atoms with Crippen LogP contribution in [-0.2, 0) is 9.59 Å². The fourth-order valence-electron chi connectivity index (χ4n) is 5.82. The van der Waals surface area contributed by atoms with Crippen molar-refractivity contribution in [2.45, 2.75) is 41.5 Å². The molecule has 2 amide bonds. The van der Waals surface area contributed by atoms with Gasteiger partial charge in [0.1, 0.15) is 0 Å². The van der Waals surface area contributed by atoms with Crippen molar-refractivity contribution in [3.05, 3.63) is 105 Å². The van der Waals surface area contributed by atoms with Crippen LogP contribution in [0.1, 0.15) is 44.5 Å². The second-order valence-electron chi connectivity index (χ2n) is 12.3. The minimum Gasteiger partial charge on any atom is -0.337 e. The van der Waals surface area contributed by atoms with Crippen molar-refractivity contribution >= 4 is 24.0 Å². The van der Waals surface area contributed by atoms with E-state index in [1.165, 1.54) is 33.4 Å². The number of carbonyl (C=O) groups excluding carboxylic acids is 2. The van der Waals surface area contributed by atoms with Crippen LogP contribution in [0.15, 0.2) is 60.7 Å². The van der Waals surface area contributed by atoms with Gasteiger partial charge in [-0.25, -0.2) is 0 Å². The molecule has 0 spiro atoms. The molecule has 0 aliphatic carbocycles. The molecule has 4 rings (SSSR count). The molecular formula is C38H50N4O2. The predicted molar refractivity (Wildman–Crippen MR) is 184 cm³/mol. The van der Waals surface area contributed by atoms with E-state index >= 15 is 0 Å². The molecule has 44 heavy (non-hydrogen) atoms. The Hall–Kier alpha value is -3.74. The summed E-state index contributed by atoms with van der Waals surface area (Å²) in [6, 6.07) is 8.72. The van der Waals surface area contributed by atoms with Crippen molar-refractivity contribution in [2.75, 3.05) is 65.4 Å². The highest BCUT2D eigenvalue weighted by molar-refractivity contribution is 5.88. The Kier molecular flexibility index (Phi) is 11.9. The molecule has 0 unspecified atom stereocenters. The Bertz CT molecular complexity index is 1280. The van der Waals surface area contributed by atoms with E-state index in [1.54, 1.807) is 12.2 Å². The number of nitrogens with zero attached hydrogens (tertiary/aromatic N) is 4. The molecule has 2 aliphatic rings. The lowest BCUT2D eigenvalue weighted by atomic mass is 10.0. The largest absolute Gasteiger partial charge is 0.337 e. The van der Waals surface area contributed by atoms with E-state index in [9.17, 15) is 9.59 Å². The van der Waals surface area contributed by atoms with E-state index in [1.807, 2.05) is 34.1 Å². The lowest BCUT2D eigenvalue weighted by Gasteiger charge is -2.37. The van der Waals surface area contributed by atoms with Crippen molar-refractivity contribution < 1.29 is 9.59 Å². The van der Waals surface area contributed by atoms with Crippen LogP contribution in [0.3, 0.4) is 0 Å². The molecule has 0 saturated carbocycles. The average molecular weight is 595 g/mol. The standard InChI is InChI=1S/C38H50N4O2/c1-29-25-35(26-30(2)33(29)5)11-7-9-13-37(43)41-21-17-39(18-22-41)15-16-40-19-23-42(24-20-40)38(44)14-10-8-12-36-27-31(3)34(6)32(4)28-36/h7-14,25-28H,15-24H2,1-6H3/b11-7+,12-8+,13-9+,14-10+. The quantitative estimate of drug-likeness (QED) is 0.278. The third kappa shape index (κ3) is 9.38. The molecule has 234 valence electrons. The smallest absolute Gasteiger partial charge is 0.246 e. The Balaban J connectivity index is 1.11. The van der Waals surface area contributed by atoms with E-state index in [2.05, 4.69) is 87.8 Å². The SMILES string of the molecule is Cc1cc(/C=C/C=C/C(=O)N2CCN(CCN3CCN(C(=O)/C=C/C=C/c4cc(C)c(C)c(C)c4)CC3)CC2)cc(C)c1C. The summed E-state index contributed by atoms with van der Waals surface area (Å²) in [7, 11) is 0. The Morgan fingerprint density at radius 1 is 0.523 bits per heavy atom. The monoisotopic (exact) mass is 594 g/mol. The second kappa shape index (κ2) is 15.8. The number of allylic oxidation sites excluding steroid dienone is 4. The summed E-state index contributed by atoms with van der Waals surface area (Å²) < 4.78 is 0. The highest BCUT2D eigenvalue weighted by atomic mass is 16.2. The van der Waals surface area contributed by atoms with Gasteiger partial charge in [-0.15, -0.1) is 0 Å². The van der Waals surface area contributed by atoms with Gasteiger partial charge in [-0.2, -0.15) is 0 Å². The van der Waals surface area contributed by atoms with E-state index < -0.39 is 0 Å². The maximum absolute atomic E-state index is 12.7. The number of amides is 2. The topological polar surface area (TPSA) is 47.1 Å². The van der Waals surface area contributed by atoms with Crippen molar-refractivity contribution in [2.24, 2.45) is 0 Å². The zero-order valence-electron chi connectivity index (χ0n) is 27.6. The van der Waals surface area contributed by atoms with Crippen LogP contribution in [0.5, 0.6) is 0 Å². The van der Waals surface area contributed by atoms with Gasteiger partial charge in [-0.3, -0.25) is 19.4 Å². The number of piperazine rings is 2. The molecule has 0 aromatic heterocycles. The number of rotatable bonds is 9. The van der Waals surface area contributed by atoms with Crippen molar-refractivity contribution in [1.82, 2.24) is 19.6 Å². The van der Waals surface area contributed by atoms with Crippen molar-refractivity contribution in [3.8, 4) is 0 Å². The van der Waals surface area contributed by atoms with Gasteiger partial charge in [0.05, 0.1) is 0 Å². The van der Waals surface area contributed by atoms with Crippen LogP contribution in [0.25, 0.3) is 12.2 Å². The fourth-order valence-corrected chi connectivity index (χ4v) is 5.82. The lowest BCUT2D eigenvalue weighted by Crippen LogP contribution is -2.52. The first-order valence-corrected chi connectivity index (χ1v) is 16.0. The molecule has 2 fully saturated rings. The van der Waals surface area contributed by atoms with E-state index in [-0.39, 0.29) is 11.8 Å². The number of aryl methyl sites for hydroxylation is 4. The number of benzene rings is 2. The molecule has 6 heteroatoms. The summed E-state index contributed by atoms with van der Waals surface area (Å²) in [5.41, 5.74) is 10.1. The number of carbonyl (C=O) groups is 2. The van der Waals surface area contributed by atoms with Crippen molar-refractivity contribution in [3.63, 3.8) is 0 Å². The highest BCUT2D eigenvalue weighted by Gasteiger charge is 2.22. The molecule has 2 aromatic carbocycles. The van der Waals surface area contributed by atoms with Gasteiger partial charge in [0.15, 0.2) is 0 Å². The van der Waals surface area contributed by atoms with Crippen LogP contribution < -0.4 is 0 Å². The van der Waals surface area contributed by atoms with Gasteiger partial charge in [0.25, 0.3) is 0 Å². The Labute approximate surface area is 265 Å². The maximum atomic E-state index is 12.7. The maximum Gasteiger partial charge on any atom is 0.246 e. The van der Waals surface area contributed by atoms with E-state index in [4.69, 9.17) is 0 Å². The molecular weight excluding hydrogens is 544 g/mol. The van der Waals surface area contributed by atoms with Crippen LogP contribution in [0, 0.1) is 41.5 Å². The summed E-state index contributed by atoms with van der Waals surface area (Å²) in [4.78, 5) is 34.1. The summed E-state index contributed by atoms with van der Waals surface area (Å²) in [5, 5.41) is 0. The number of hydrogen-bond acceptors (Lipinski definition) is 4. The molecule has 2 saturated heterocycles. The normalized spacial score (nSPS) is 17.2. The van der Waals surface area contributed by atoms with Crippen LogP contribution >= 0.6 is 0 Å². The third-order valence-corrected chi connectivity index (χ3v) is 9.28. The van der Waals surface area contributed by atoms with Gasteiger partial charge in [-0.05, 0) is 86.1 Å². The first kappa shape index (κ1) is 33.2. The second-order valence-corrected chi connectivity index (χ2v) is 12.3. The molecule has 0 radical (unpaired) electrons. The van der Waals surface area contributed by atoms with Crippen molar-refractivity contribution in [1.29, 1.82) is 0 Å². The molecule has 2 heterocycles. The molecule has 0 N–H and O–H groups in total. The molecule has 2 aliphatic heterocycles. The van der Waals surface area contributed by atoms with E-state index in [0.29, 0.717) is 0 Å². The van der Waals surface area contributed by atoms with Gasteiger partial charge in [-0.1, -0.05) is 60.7 Å². The van der Waals surface area contributed by atoms with E-state index in [0.717, 1.165) is 76.6 Å². The summed E-state index contributed by atoms with van der Waals surface area (Å²) in [6.45, 7) is 21.4. The zero-order valence-corrected chi connectivity index (χ0v) is 27.6. The average Bonchev–Trinajstić information content (AvgIpc) is 3.02. The molecule has 0 bridgehead atoms. The minimum atomic E-state index is 0.0799. The molecule has 0 atom stereocenters. The first-order chi connectivity index (χ1) is 21.1. The van der Waals surface area contributed by atoms with Gasteiger partial charge >= 0.3 is 0 Å².